The lowest BCUT2D eigenvalue weighted by Gasteiger charge is -2.11. The molecule has 0 saturated heterocycles. The number of benzene rings is 1. The summed E-state index contributed by atoms with van der Waals surface area (Å²) in [5, 5.41) is 0. The number of carbonyl (C=O) groups is 2. The molecule has 5 heteroatoms. The zero-order chi connectivity index (χ0) is 20.2. The molecular formula is C22H33BrO4. The summed E-state index contributed by atoms with van der Waals surface area (Å²) in [5.41, 5.74) is 0. The van der Waals surface area contributed by atoms with E-state index < -0.39 is 0 Å². The topological polar surface area (TPSA) is 52.6 Å². The van der Waals surface area contributed by atoms with Gasteiger partial charge in [0.2, 0.25) is 0 Å². The number of carbonyl (C=O) groups excluding carboxylic acids is 2. The fraction of sp³-hybridized carbons (Fsp3) is 0.636. The van der Waals surface area contributed by atoms with Crippen LogP contribution in [-0.2, 0) is 9.59 Å². The van der Waals surface area contributed by atoms with Gasteiger partial charge < -0.3 is 9.47 Å². The quantitative estimate of drug-likeness (QED) is 0.206. The zero-order valence-corrected chi connectivity index (χ0v) is 18.6. The van der Waals surface area contributed by atoms with Crippen LogP contribution >= 0.6 is 15.9 Å². The molecule has 0 N–H and O–H groups in total. The van der Waals surface area contributed by atoms with Gasteiger partial charge in [-0.15, -0.1) is 0 Å². The molecule has 0 aliphatic heterocycles. The highest BCUT2D eigenvalue weighted by Crippen LogP contribution is 2.31. The summed E-state index contributed by atoms with van der Waals surface area (Å²) in [5.74, 6) is 1.26. The van der Waals surface area contributed by atoms with E-state index in [1.807, 2.05) is 0 Å². The minimum atomic E-state index is -0.300. The molecule has 0 unspecified atom stereocenters. The molecule has 0 aliphatic rings. The van der Waals surface area contributed by atoms with Gasteiger partial charge in [-0.3, -0.25) is 9.59 Å². The number of rotatable bonds is 12. The summed E-state index contributed by atoms with van der Waals surface area (Å²) < 4.78 is 11.6. The van der Waals surface area contributed by atoms with Crippen LogP contribution in [0.25, 0.3) is 0 Å². The molecule has 0 radical (unpaired) electrons. The molecule has 1 aromatic rings. The molecule has 4 nitrogen and oxygen atoms in total. The van der Waals surface area contributed by atoms with Crippen LogP contribution in [0.15, 0.2) is 22.7 Å². The van der Waals surface area contributed by atoms with E-state index in [4.69, 9.17) is 9.47 Å². The first-order valence-electron chi connectivity index (χ1n) is 9.98. The minimum Gasteiger partial charge on any atom is -0.423 e. The van der Waals surface area contributed by atoms with Crippen molar-refractivity contribution < 1.29 is 19.1 Å². The Morgan fingerprint density at radius 2 is 1.30 bits per heavy atom. The van der Waals surface area contributed by atoms with E-state index in [2.05, 4.69) is 43.6 Å². The highest BCUT2D eigenvalue weighted by Gasteiger charge is 2.14. The van der Waals surface area contributed by atoms with Crippen LogP contribution in [0.1, 0.15) is 79.1 Å². The fourth-order valence-corrected chi connectivity index (χ4v) is 2.98. The summed E-state index contributed by atoms with van der Waals surface area (Å²) >= 11 is 3.37. The molecule has 27 heavy (non-hydrogen) atoms. The average molecular weight is 441 g/mol. The van der Waals surface area contributed by atoms with Crippen molar-refractivity contribution in [3.8, 4) is 11.5 Å². The number of ether oxygens (including phenoxy) is 2. The molecule has 0 amide bonds. The SMILES string of the molecule is CC(C)CCCCC(=O)Oc1ccc(Br)cc1OC(=O)CCCCC(C)C. The number of esters is 2. The predicted octanol–water partition coefficient (Wildman–Crippen LogP) is 6.69. The second-order valence-corrected chi connectivity index (χ2v) is 8.73. The van der Waals surface area contributed by atoms with Crippen molar-refractivity contribution in [2.45, 2.75) is 79.1 Å². The van der Waals surface area contributed by atoms with E-state index in [-0.39, 0.29) is 17.7 Å². The Hall–Kier alpha value is -1.36. The first-order valence-corrected chi connectivity index (χ1v) is 10.8. The van der Waals surface area contributed by atoms with Crippen LogP contribution in [0.2, 0.25) is 0 Å². The Kier molecular flexibility index (Phi) is 11.3. The fourth-order valence-electron chi connectivity index (χ4n) is 2.64. The summed E-state index contributed by atoms with van der Waals surface area (Å²) in [7, 11) is 0. The maximum Gasteiger partial charge on any atom is 0.311 e. The van der Waals surface area contributed by atoms with E-state index >= 15 is 0 Å². The van der Waals surface area contributed by atoms with E-state index in [9.17, 15) is 9.59 Å². The second kappa shape index (κ2) is 12.9. The monoisotopic (exact) mass is 440 g/mol. The molecule has 0 bridgehead atoms. The lowest BCUT2D eigenvalue weighted by atomic mass is 10.1. The van der Waals surface area contributed by atoms with Crippen molar-refractivity contribution in [1.29, 1.82) is 0 Å². The Balaban J connectivity index is 2.53. The first kappa shape index (κ1) is 23.7. The van der Waals surface area contributed by atoms with Gasteiger partial charge in [0.25, 0.3) is 0 Å². The van der Waals surface area contributed by atoms with Gasteiger partial charge in [0.05, 0.1) is 0 Å². The van der Waals surface area contributed by atoms with Gasteiger partial charge in [-0.1, -0.05) is 69.3 Å². The van der Waals surface area contributed by atoms with E-state index in [0.717, 1.165) is 43.0 Å². The molecule has 0 spiro atoms. The van der Waals surface area contributed by atoms with Crippen molar-refractivity contribution in [3.63, 3.8) is 0 Å². The Labute approximate surface area is 172 Å². The van der Waals surface area contributed by atoms with Crippen molar-refractivity contribution in [2.75, 3.05) is 0 Å². The van der Waals surface area contributed by atoms with Gasteiger partial charge >= 0.3 is 11.9 Å². The number of halogens is 1. The molecular weight excluding hydrogens is 408 g/mol. The van der Waals surface area contributed by atoms with Crippen LogP contribution < -0.4 is 9.47 Å². The lowest BCUT2D eigenvalue weighted by molar-refractivity contribution is -0.137. The Morgan fingerprint density at radius 1 is 0.815 bits per heavy atom. The molecule has 152 valence electrons. The highest BCUT2D eigenvalue weighted by atomic mass is 79.9. The third-order valence-corrected chi connectivity index (χ3v) is 4.67. The van der Waals surface area contributed by atoms with Gasteiger partial charge in [-0.05, 0) is 42.9 Å². The average Bonchev–Trinajstić information content (AvgIpc) is 2.58. The maximum absolute atomic E-state index is 12.1. The minimum absolute atomic E-state index is 0.286. The van der Waals surface area contributed by atoms with Crippen molar-refractivity contribution in [3.05, 3.63) is 22.7 Å². The van der Waals surface area contributed by atoms with E-state index in [0.29, 0.717) is 30.4 Å². The van der Waals surface area contributed by atoms with Crippen LogP contribution in [0.5, 0.6) is 11.5 Å². The smallest absolute Gasteiger partial charge is 0.311 e. The number of unbranched alkanes of at least 4 members (excludes halogenated alkanes) is 2. The number of hydrogen-bond donors (Lipinski definition) is 0. The second-order valence-electron chi connectivity index (χ2n) is 7.82. The lowest BCUT2D eigenvalue weighted by Crippen LogP contribution is -2.12. The van der Waals surface area contributed by atoms with Gasteiger partial charge in [-0.25, -0.2) is 0 Å². The highest BCUT2D eigenvalue weighted by molar-refractivity contribution is 9.10. The van der Waals surface area contributed by atoms with Crippen LogP contribution in [0, 0.1) is 11.8 Å². The Bertz CT molecular complexity index is 596. The molecule has 0 fully saturated rings. The third kappa shape index (κ3) is 11.2. The van der Waals surface area contributed by atoms with E-state index in [1.165, 1.54) is 0 Å². The molecule has 0 heterocycles. The Morgan fingerprint density at radius 3 is 1.78 bits per heavy atom. The summed E-state index contributed by atoms with van der Waals surface area (Å²) in [6, 6.07) is 5.08. The molecule has 0 atom stereocenters. The molecule has 0 aromatic heterocycles. The third-order valence-electron chi connectivity index (χ3n) is 4.18. The zero-order valence-electron chi connectivity index (χ0n) is 17.1. The van der Waals surface area contributed by atoms with Gasteiger partial charge in [-0.2, -0.15) is 0 Å². The van der Waals surface area contributed by atoms with Crippen LogP contribution in [0.4, 0.5) is 0 Å². The molecule has 0 saturated carbocycles. The molecule has 1 aromatic carbocycles. The summed E-state index contributed by atoms with van der Waals surface area (Å²) in [6.45, 7) is 8.68. The first-order chi connectivity index (χ1) is 12.8. The van der Waals surface area contributed by atoms with Crippen LogP contribution in [-0.4, -0.2) is 11.9 Å². The summed E-state index contributed by atoms with van der Waals surface area (Å²) in [6.07, 6.45) is 6.55. The van der Waals surface area contributed by atoms with Gasteiger partial charge in [0.1, 0.15) is 0 Å². The van der Waals surface area contributed by atoms with Crippen LogP contribution in [0.3, 0.4) is 0 Å². The maximum atomic E-state index is 12.1. The molecule has 1 rings (SSSR count). The largest absolute Gasteiger partial charge is 0.423 e. The van der Waals surface area contributed by atoms with Gasteiger partial charge in [0, 0.05) is 17.3 Å². The van der Waals surface area contributed by atoms with Crippen molar-refractivity contribution >= 4 is 27.9 Å². The van der Waals surface area contributed by atoms with Crippen molar-refractivity contribution in [1.82, 2.24) is 0 Å². The molecule has 0 aliphatic carbocycles. The van der Waals surface area contributed by atoms with Crippen molar-refractivity contribution in [2.24, 2.45) is 11.8 Å². The standard InChI is InChI=1S/C22H33BrO4/c1-16(2)9-5-7-11-21(24)26-19-14-13-18(23)15-20(19)27-22(25)12-8-6-10-17(3)4/h13-17H,5-12H2,1-4H3. The normalized spacial score (nSPS) is 11.1. The van der Waals surface area contributed by atoms with Gasteiger partial charge in [0.15, 0.2) is 11.5 Å². The predicted molar refractivity (Wildman–Crippen MR) is 112 cm³/mol. The van der Waals surface area contributed by atoms with E-state index in [1.54, 1.807) is 18.2 Å². The summed E-state index contributed by atoms with van der Waals surface area (Å²) in [4.78, 5) is 24.2. The number of hydrogen-bond acceptors (Lipinski definition) is 4.